The third-order valence-corrected chi connectivity index (χ3v) is 3.09. The molecule has 17 heavy (non-hydrogen) atoms. The number of hydrogen-bond donors (Lipinski definition) is 0. The normalized spacial score (nSPS) is 20.4. The van der Waals surface area contributed by atoms with Crippen molar-refractivity contribution in [3.63, 3.8) is 0 Å². The van der Waals surface area contributed by atoms with Crippen LogP contribution >= 0.6 is 0 Å². The molecule has 0 N–H and O–H groups in total. The Bertz CT molecular complexity index is 479. The molecule has 5 heteroatoms. The van der Waals surface area contributed by atoms with E-state index in [0.29, 0.717) is 12.2 Å². The number of carbonyl (C=O) groups is 1. The molecule has 1 atom stereocenters. The largest absolute Gasteiger partial charge is 0.361 e. The van der Waals surface area contributed by atoms with Crippen LogP contribution in [0.15, 0.2) is 16.9 Å². The summed E-state index contributed by atoms with van der Waals surface area (Å²) in [6.45, 7) is 0. The average molecular weight is 235 g/mol. The third kappa shape index (κ3) is 2.38. The van der Waals surface area contributed by atoms with E-state index >= 15 is 0 Å². The Morgan fingerprint density at radius 3 is 2.71 bits per heavy atom. The highest BCUT2D eigenvalue weighted by Crippen LogP contribution is 2.23. The molecule has 92 valence electrons. The Balaban J connectivity index is 2.39. The zero-order valence-corrected chi connectivity index (χ0v) is 10.2. The van der Waals surface area contributed by atoms with E-state index in [0.717, 1.165) is 19.3 Å². The molecule has 1 unspecified atom stereocenters. The van der Waals surface area contributed by atoms with Crippen LogP contribution < -0.4 is 10.5 Å². The van der Waals surface area contributed by atoms with Crippen LogP contribution in [-0.4, -0.2) is 29.7 Å². The monoisotopic (exact) mass is 235 g/mol. The SMILES string of the molecule is CN(C)c1ccc(=O)n(C2CCCCC2=O)n1. The van der Waals surface area contributed by atoms with E-state index in [1.165, 1.54) is 10.7 Å². The van der Waals surface area contributed by atoms with Gasteiger partial charge < -0.3 is 4.90 Å². The molecular formula is C12H17N3O2. The topological polar surface area (TPSA) is 55.2 Å². The van der Waals surface area contributed by atoms with Crippen molar-refractivity contribution in [1.29, 1.82) is 0 Å². The van der Waals surface area contributed by atoms with Crippen molar-refractivity contribution in [2.75, 3.05) is 19.0 Å². The average Bonchev–Trinajstić information content (AvgIpc) is 2.30. The lowest BCUT2D eigenvalue weighted by atomic mass is 9.94. The van der Waals surface area contributed by atoms with Crippen LogP contribution in [0, 0.1) is 0 Å². The van der Waals surface area contributed by atoms with Gasteiger partial charge >= 0.3 is 0 Å². The predicted molar refractivity (Wildman–Crippen MR) is 65.3 cm³/mol. The fourth-order valence-corrected chi connectivity index (χ4v) is 2.10. The molecular weight excluding hydrogens is 218 g/mol. The highest BCUT2D eigenvalue weighted by atomic mass is 16.1. The van der Waals surface area contributed by atoms with Gasteiger partial charge in [-0.3, -0.25) is 9.59 Å². The lowest BCUT2D eigenvalue weighted by molar-refractivity contribution is -0.124. The number of nitrogens with zero attached hydrogens (tertiary/aromatic N) is 3. The van der Waals surface area contributed by atoms with Crippen molar-refractivity contribution in [2.24, 2.45) is 0 Å². The van der Waals surface area contributed by atoms with Gasteiger partial charge in [-0.05, 0) is 18.9 Å². The lowest BCUT2D eigenvalue weighted by Crippen LogP contribution is -2.34. The smallest absolute Gasteiger partial charge is 0.267 e. The zero-order chi connectivity index (χ0) is 12.4. The maximum absolute atomic E-state index is 11.8. The first-order chi connectivity index (χ1) is 8.09. The van der Waals surface area contributed by atoms with E-state index < -0.39 is 0 Å². The Morgan fingerprint density at radius 2 is 2.06 bits per heavy atom. The maximum atomic E-state index is 11.8. The van der Waals surface area contributed by atoms with Crippen LogP contribution in [0.2, 0.25) is 0 Å². The summed E-state index contributed by atoms with van der Waals surface area (Å²) in [7, 11) is 3.72. The van der Waals surface area contributed by atoms with Gasteiger partial charge in [0.2, 0.25) is 0 Å². The molecule has 1 saturated carbocycles. The van der Waals surface area contributed by atoms with Crippen molar-refractivity contribution < 1.29 is 4.79 Å². The molecule has 1 aliphatic rings. The van der Waals surface area contributed by atoms with Crippen LogP contribution in [-0.2, 0) is 4.79 Å². The number of hydrogen-bond acceptors (Lipinski definition) is 4. The van der Waals surface area contributed by atoms with Gasteiger partial charge in [0.05, 0.1) is 0 Å². The first-order valence-corrected chi connectivity index (χ1v) is 5.89. The number of anilines is 1. The highest BCUT2D eigenvalue weighted by molar-refractivity contribution is 5.83. The number of carbonyl (C=O) groups excluding carboxylic acids is 1. The molecule has 0 aliphatic heterocycles. The second kappa shape index (κ2) is 4.69. The fourth-order valence-electron chi connectivity index (χ4n) is 2.10. The maximum Gasteiger partial charge on any atom is 0.267 e. The summed E-state index contributed by atoms with van der Waals surface area (Å²) in [5.74, 6) is 0.824. The summed E-state index contributed by atoms with van der Waals surface area (Å²) in [6.07, 6.45) is 3.20. The Morgan fingerprint density at radius 1 is 1.29 bits per heavy atom. The standard InChI is InChI=1S/C12H17N3O2/c1-14(2)11-7-8-12(17)15(13-11)9-5-3-4-6-10(9)16/h7-9H,3-6H2,1-2H3. The summed E-state index contributed by atoms with van der Waals surface area (Å²) in [5.41, 5.74) is -0.198. The number of Topliss-reactive ketones (excluding diaryl/α,β-unsaturated/α-hetero) is 1. The minimum absolute atomic E-state index is 0.127. The predicted octanol–water partition coefficient (Wildman–Crippen LogP) is 0.993. The van der Waals surface area contributed by atoms with E-state index in [1.807, 2.05) is 19.0 Å². The van der Waals surface area contributed by atoms with Crippen LogP contribution in [0.1, 0.15) is 31.7 Å². The van der Waals surface area contributed by atoms with Gasteiger partial charge in [-0.15, -0.1) is 0 Å². The quantitative estimate of drug-likeness (QED) is 0.767. The van der Waals surface area contributed by atoms with Crippen molar-refractivity contribution in [3.8, 4) is 0 Å². The van der Waals surface area contributed by atoms with Crippen LogP contribution in [0.4, 0.5) is 5.82 Å². The van der Waals surface area contributed by atoms with Gasteiger partial charge in [0.15, 0.2) is 5.78 Å². The molecule has 1 aromatic rings. The van der Waals surface area contributed by atoms with Crippen molar-refractivity contribution in [1.82, 2.24) is 9.78 Å². The highest BCUT2D eigenvalue weighted by Gasteiger charge is 2.25. The van der Waals surface area contributed by atoms with Gasteiger partial charge in [0.1, 0.15) is 11.9 Å². The van der Waals surface area contributed by atoms with E-state index in [-0.39, 0.29) is 17.4 Å². The second-order valence-corrected chi connectivity index (χ2v) is 4.60. The molecule has 0 saturated heterocycles. The van der Waals surface area contributed by atoms with Gasteiger partial charge in [-0.1, -0.05) is 6.42 Å². The second-order valence-electron chi connectivity index (χ2n) is 4.60. The summed E-state index contributed by atoms with van der Waals surface area (Å²) in [5, 5.41) is 4.26. The molecule has 5 nitrogen and oxygen atoms in total. The van der Waals surface area contributed by atoms with Crippen molar-refractivity contribution >= 4 is 11.6 Å². The number of rotatable bonds is 2. The Labute approximate surface area is 100 Å². The van der Waals surface area contributed by atoms with Gasteiger partial charge in [-0.2, -0.15) is 5.10 Å². The number of aromatic nitrogens is 2. The first-order valence-electron chi connectivity index (χ1n) is 5.89. The summed E-state index contributed by atoms with van der Waals surface area (Å²) >= 11 is 0. The Kier molecular flexibility index (Phi) is 3.26. The van der Waals surface area contributed by atoms with E-state index in [9.17, 15) is 9.59 Å². The molecule has 1 heterocycles. The molecule has 0 spiro atoms. The van der Waals surface area contributed by atoms with E-state index in [4.69, 9.17) is 0 Å². The van der Waals surface area contributed by atoms with Crippen LogP contribution in [0.3, 0.4) is 0 Å². The molecule has 0 amide bonds. The summed E-state index contributed by atoms with van der Waals surface area (Å²) in [6, 6.07) is 2.78. The van der Waals surface area contributed by atoms with Gasteiger partial charge in [-0.25, -0.2) is 4.68 Å². The zero-order valence-electron chi connectivity index (χ0n) is 10.2. The Hall–Kier alpha value is -1.65. The molecule has 2 rings (SSSR count). The van der Waals surface area contributed by atoms with Crippen molar-refractivity contribution in [3.05, 3.63) is 22.5 Å². The number of ketones is 1. The van der Waals surface area contributed by atoms with E-state index in [2.05, 4.69) is 5.10 Å². The summed E-state index contributed by atoms with van der Waals surface area (Å²) in [4.78, 5) is 25.4. The van der Waals surface area contributed by atoms with Gasteiger partial charge in [0.25, 0.3) is 5.56 Å². The lowest BCUT2D eigenvalue weighted by Gasteiger charge is -2.22. The molecule has 1 aromatic heterocycles. The minimum atomic E-state index is -0.365. The summed E-state index contributed by atoms with van der Waals surface area (Å²) < 4.78 is 1.34. The molecule has 1 fully saturated rings. The van der Waals surface area contributed by atoms with Crippen LogP contribution in [0.5, 0.6) is 0 Å². The molecule has 0 radical (unpaired) electrons. The molecule has 1 aliphatic carbocycles. The van der Waals surface area contributed by atoms with Crippen LogP contribution in [0.25, 0.3) is 0 Å². The van der Waals surface area contributed by atoms with Gasteiger partial charge in [0, 0.05) is 26.6 Å². The first kappa shape index (κ1) is 11.8. The molecule has 0 bridgehead atoms. The third-order valence-electron chi connectivity index (χ3n) is 3.09. The van der Waals surface area contributed by atoms with E-state index in [1.54, 1.807) is 6.07 Å². The molecule has 0 aromatic carbocycles. The van der Waals surface area contributed by atoms with Crippen molar-refractivity contribution in [2.45, 2.75) is 31.7 Å². The fraction of sp³-hybridized carbons (Fsp3) is 0.583. The minimum Gasteiger partial charge on any atom is -0.361 e.